The number of halogens is 1. The second kappa shape index (κ2) is 5.29. The van der Waals surface area contributed by atoms with Crippen LogP contribution in [0, 0.1) is 0 Å². The van der Waals surface area contributed by atoms with E-state index in [4.69, 9.17) is 17.3 Å². The van der Waals surface area contributed by atoms with E-state index < -0.39 is 0 Å². The van der Waals surface area contributed by atoms with Crippen molar-refractivity contribution < 1.29 is 0 Å². The number of aromatic nitrogens is 3. The molecular weight excluding hydrogens is 236 g/mol. The summed E-state index contributed by atoms with van der Waals surface area (Å²) in [5.74, 6) is 0. The minimum absolute atomic E-state index is 0.476. The molecule has 1 aromatic carbocycles. The van der Waals surface area contributed by atoms with Gasteiger partial charge in [0.25, 0.3) is 0 Å². The van der Waals surface area contributed by atoms with Crippen LogP contribution in [-0.2, 0) is 13.1 Å². The van der Waals surface area contributed by atoms with Crippen LogP contribution in [-0.4, -0.2) is 15.0 Å². The molecule has 0 bridgehead atoms. The third-order valence-electron chi connectivity index (χ3n) is 2.62. The van der Waals surface area contributed by atoms with E-state index >= 15 is 0 Å². The van der Waals surface area contributed by atoms with Gasteiger partial charge in [0.15, 0.2) is 0 Å². The van der Waals surface area contributed by atoms with E-state index in [1.165, 1.54) is 0 Å². The van der Waals surface area contributed by atoms with Crippen LogP contribution >= 0.6 is 11.6 Å². The van der Waals surface area contributed by atoms with E-state index in [1.54, 1.807) is 6.20 Å². The van der Waals surface area contributed by atoms with Crippen molar-refractivity contribution in [3.63, 3.8) is 0 Å². The molecule has 4 nitrogen and oxygen atoms in total. The topological polar surface area (TPSA) is 56.7 Å². The quantitative estimate of drug-likeness (QED) is 0.907. The Labute approximate surface area is 105 Å². The fourth-order valence-electron chi connectivity index (χ4n) is 1.81. The first kappa shape index (κ1) is 12.1. The highest BCUT2D eigenvalue weighted by Gasteiger charge is 2.10. The molecule has 0 unspecified atom stereocenters. The molecule has 17 heavy (non-hydrogen) atoms. The summed E-state index contributed by atoms with van der Waals surface area (Å²) in [5.41, 5.74) is 8.77. The smallest absolute Gasteiger partial charge is 0.0889 e. The average molecular weight is 251 g/mol. The van der Waals surface area contributed by atoms with Crippen molar-refractivity contribution in [3.8, 4) is 11.3 Å². The Balaban J connectivity index is 2.51. The summed E-state index contributed by atoms with van der Waals surface area (Å²) in [6.07, 6.45) is 2.76. The van der Waals surface area contributed by atoms with Crippen LogP contribution in [0.1, 0.15) is 18.9 Å². The van der Waals surface area contributed by atoms with Crippen molar-refractivity contribution in [1.29, 1.82) is 0 Å². The summed E-state index contributed by atoms with van der Waals surface area (Å²) in [5, 5.41) is 8.72. The lowest BCUT2D eigenvalue weighted by molar-refractivity contribution is 0.584. The lowest BCUT2D eigenvalue weighted by Gasteiger charge is -2.09. The van der Waals surface area contributed by atoms with Gasteiger partial charge in [0.05, 0.1) is 11.9 Å². The highest BCUT2D eigenvalue weighted by atomic mass is 35.5. The van der Waals surface area contributed by atoms with Crippen molar-refractivity contribution in [1.82, 2.24) is 15.0 Å². The van der Waals surface area contributed by atoms with Gasteiger partial charge in [0.1, 0.15) is 0 Å². The first-order valence-electron chi connectivity index (χ1n) is 5.63. The number of nitrogens with two attached hydrogens (primary N) is 1. The number of hydrogen-bond acceptors (Lipinski definition) is 3. The van der Waals surface area contributed by atoms with Crippen molar-refractivity contribution in [2.24, 2.45) is 5.73 Å². The van der Waals surface area contributed by atoms with Crippen LogP contribution in [0.25, 0.3) is 11.3 Å². The van der Waals surface area contributed by atoms with Gasteiger partial charge in [-0.15, -0.1) is 5.10 Å². The lowest BCUT2D eigenvalue weighted by atomic mass is 10.1. The summed E-state index contributed by atoms with van der Waals surface area (Å²) in [4.78, 5) is 0. The van der Waals surface area contributed by atoms with E-state index in [0.717, 1.165) is 29.8 Å². The third kappa shape index (κ3) is 2.48. The van der Waals surface area contributed by atoms with Crippen molar-refractivity contribution >= 4 is 11.6 Å². The first-order chi connectivity index (χ1) is 8.26. The number of rotatable bonds is 4. The zero-order valence-electron chi connectivity index (χ0n) is 9.73. The Bertz CT molecular complexity index is 507. The monoisotopic (exact) mass is 250 g/mol. The predicted molar refractivity (Wildman–Crippen MR) is 68.7 cm³/mol. The Morgan fingerprint density at radius 3 is 2.94 bits per heavy atom. The second-order valence-corrected chi connectivity index (χ2v) is 4.28. The third-order valence-corrected chi connectivity index (χ3v) is 2.86. The largest absolute Gasteiger partial charge is 0.326 e. The fraction of sp³-hybridized carbons (Fsp3) is 0.333. The highest BCUT2D eigenvalue weighted by Crippen LogP contribution is 2.26. The number of nitrogens with zero attached hydrogens (tertiary/aromatic N) is 3. The van der Waals surface area contributed by atoms with Gasteiger partial charge in [-0.05, 0) is 24.1 Å². The summed E-state index contributed by atoms with van der Waals surface area (Å²) in [6, 6.07) is 5.71. The average Bonchev–Trinajstić information content (AvgIpc) is 2.77. The SMILES string of the molecule is CCCn1nncc1-c1cc(Cl)ccc1CN. The summed E-state index contributed by atoms with van der Waals surface area (Å²) < 4.78 is 1.88. The molecule has 0 atom stereocenters. The van der Waals surface area contributed by atoms with Crippen LogP contribution in [0.4, 0.5) is 0 Å². The van der Waals surface area contributed by atoms with Gasteiger partial charge in [-0.25, -0.2) is 4.68 Å². The Morgan fingerprint density at radius 1 is 1.41 bits per heavy atom. The van der Waals surface area contributed by atoms with Gasteiger partial charge in [0, 0.05) is 23.7 Å². The minimum Gasteiger partial charge on any atom is -0.326 e. The van der Waals surface area contributed by atoms with Crippen molar-refractivity contribution in [2.75, 3.05) is 0 Å². The van der Waals surface area contributed by atoms with Gasteiger partial charge in [-0.3, -0.25) is 0 Å². The zero-order chi connectivity index (χ0) is 12.3. The predicted octanol–water partition coefficient (Wildman–Crippen LogP) is 2.47. The number of benzene rings is 1. The normalized spacial score (nSPS) is 10.8. The summed E-state index contributed by atoms with van der Waals surface area (Å²) >= 11 is 6.03. The van der Waals surface area contributed by atoms with Gasteiger partial charge in [-0.2, -0.15) is 0 Å². The fourth-order valence-corrected chi connectivity index (χ4v) is 1.98. The van der Waals surface area contributed by atoms with Gasteiger partial charge in [0.2, 0.25) is 0 Å². The van der Waals surface area contributed by atoms with Crippen LogP contribution < -0.4 is 5.73 Å². The first-order valence-corrected chi connectivity index (χ1v) is 6.01. The molecule has 0 aliphatic heterocycles. The van der Waals surface area contributed by atoms with E-state index in [1.807, 2.05) is 22.9 Å². The maximum Gasteiger partial charge on any atom is 0.0889 e. The molecule has 0 aliphatic rings. The molecule has 90 valence electrons. The molecule has 0 saturated carbocycles. The zero-order valence-corrected chi connectivity index (χ0v) is 10.5. The Kier molecular flexibility index (Phi) is 3.76. The highest BCUT2D eigenvalue weighted by molar-refractivity contribution is 6.30. The Morgan fingerprint density at radius 2 is 2.24 bits per heavy atom. The standard InChI is InChI=1S/C12H15ClN4/c1-2-5-17-12(8-15-16-17)11-6-10(13)4-3-9(11)7-14/h3-4,6,8H,2,5,7,14H2,1H3. The van der Waals surface area contributed by atoms with Crippen LogP contribution in [0.15, 0.2) is 24.4 Å². The molecule has 2 rings (SSSR count). The van der Waals surface area contributed by atoms with Gasteiger partial charge >= 0.3 is 0 Å². The molecule has 2 N–H and O–H groups in total. The maximum atomic E-state index is 6.03. The van der Waals surface area contributed by atoms with Crippen molar-refractivity contribution in [3.05, 3.63) is 35.0 Å². The number of hydrogen-bond donors (Lipinski definition) is 1. The molecule has 0 radical (unpaired) electrons. The van der Waals surface area contributed by atoms with Crippen LogP contribution in [0.5, 0.6) is 0 Å². The minimum atomic E-state index is 0.476. The van der Waals surface area contributed by atoms with E-state index in [9.17, 15) is 0 Å². The molecule has 1 heterocycles. The summed E-state index contributed by atoms with van der Waals surface area (Å²) in [7, 11) is 0. The van der Waals surface area contributed by atoms with Crippen LogP contribution in [0.2, 0.25) is 5.02 Å². The second-order valence-electron chi connectivity index (χ2n) is 3.85. The molecule has 2 aromatic rings. The van der Waals surface area contributed by atoms with Gasteiger partial charge in [-0.1, -0.05) is 29.8 Å². The lowest BCUT2D eigenvalue weighted by Crippen LogP contribution is -2.05. The molecule has 1 aromatic heterocycles. The molecule has 0 amide bonds. The van der Waals surface area contributed by atoms with Gasteiger partial charge < -0.3 is 5.73 Å². The van der Waals surface area contributed by atoms with Crippen LogP contribution in [0.3, 0.4) is 0 Å². The molecule has 0 spiro atoms. The number of aryl methyl sites for hydroxylation is 1. The molecule has 0 saturated heterocycles. The van der Waals surface area contributed by atoms with Crippen molar-refractivity contribution in [2.45, 2.75) is 26.4 Å². The molecule has 5 heteroatoms. The van der Waals surface area contributed by atoms with E-state index in [0.29, 0.717) is 11.6 Å². The van der Waals surface area contributed by atoms with E-state index in [2.05, 4.69) is 17.2 Å². The van der Waals surface area contributed by atoms with E-state index in [-0.39, 0.29) is 0 Å². The summed E-state index contributed by atoms with van der Waals surface area (Å²) in [6.45, 7) is 3.42. The Hall–Kier alpha value is -1.39. The molecule has 0 fully saturated rings. The molecule has 0 aliphatic carbocycles. The maximum absolute atomic E-state index is 6.03. The molecular formula is C12H15ClN4.